The van der Waals surface area contributed by atoms with Crippen LogP contribution in [0.4, 0.5) is 0 Å². The van der Waals surface area contributed by atoms with E-state index in [2.05, 4.69) is 15.0 Å². The molecule has 0 radical (unpaired) electrons. The average Bonchev–Trinajstić information content (AvgIpc) is 2.34. The highest BCUT2D eigenvalue weighted by molar-refractivity contribution is 6.29. The van der Waals surface area contributed by atoms with Gasteiger partial charge in [0.1, 0.15) is 11.2 Å². The van der Waals surface area contributed by atoms with Crippen LogP contribution in [0.5, 0.6) is 0 Å². The second kappa shape index (κ2) is 6.35. The first-order chi connectivity index (χ1) is 8.45. The van der Waals surface area contributed by atoms with Gasteiger partial charge in [0.15, 0.2) is 0 Å². The van der Waals surface area contributed by atoms with E-state index in [-0.39, 0.29) is 17.0 Å². The largest absolute Gasteiger partial charge is 0.467 e. The summed E-state index contributed by atoms with van der Waals surface area (Å²) in [4.78, 5) is 27.2. The first-order valence-electron chi connectivity index (χ1n) is 5.46. The van der Waals surface area contributed by atoms with E-state index in [1.165, 1.54) is 25.4 Å². The number of hydrogen-bond acceptors (Lipinski definition) is 4. The number of pyridine rings is 1. The van der Waals surface area contributed by atoms with Crippen LogP contribution in [0.25, 0.3) is 0 Å². The summed E-state index contributed by atoms with van der Waals surface area (Å²) in [6.45, 7) is 3.64. The SMILES string of the molecule is COC(=O)[C@H](NC(=O)c1ccnc(Cl)c1)C(C)C. The van der Waals surface area contributed by atoms with Crippen LogP contribution >= 0.6 is 11.6 Å². The van der Waals surface area contributed by atoms with E-state index in [0.29, 0.717) is 5.56 Å². The number of aromatic nitrogens is 1. The molecule has 0 aliphatic carbocycles. The predicted octanol–water partition coefficient (Wildman–Crippen LogP) is 1.66. The summed E-state index contributed by atoms with van der Waals surface area (Å²) in [5.41, 5.74) is 0.351. The fraction of sp³-hybridized carbons (Fsp3) is 0.417. The second-order valence-electron chi connectivity index (χ2n) is 4.09. The van der Waals surface area contributed by atoms with Crippen LogP contribution in [-0.2, 0) is 9.53 Å². The summed E-state index contributed by atoms with van der Waals surface area (Å²) < 4.78 is 4.64. The first kappa shape index (κ1) is 14.4. The lowest BCUT2D eigenvalue weighted by molar-refractivity contribution is -0.144. The van der Waals surface area contributed by atoms with Crippen LogP contribution in [0.2, 0.25) is 5.15 Å². The molecule has 18 heavy (non-hydrogen) atoms. The van der Waals surface area contributed by atoms with Gasteiger partial charge in [-0.15, -0.1) is 0 Å². The molecular formula is C12H15ClN2O3. The van der Waals surface area contributed by atoms with Gasteiger partial charge in [0, 0.05) is 11.8 Å². The number of esters is 1. The molecule has 1 rings (SSSR count). The number of ether oxygens (including phenoxy) is 1. The van der Waals surface area contributed by atoms with Crippen LogP contribution in [-0.4, -0.2) is 30.0 Å². The normalized spacial score (nSPS) is 12.1. The third kappa shape index (κ3) is 3.70. The third-order valence-corrected chi connectivity index (χ3v) is 2.60. The number of methoxy groups -OCH3 is 1. The van der Waals surface area contributed by atoms with E-state index in [0.717, 1.165) is 0 Å². The Hall–Kier alpha value is -1.62. The van der Waals surface area contributed by atoms with Gasteiger partial charge in [-0.25, -0.2) is 9.78 Å². The highest BCUT2D eigenvalue weighted by Crippen LogP contribution is 2.09. The van der Waals surface area contributed by atoms with Gasteiger partial charge >= 0.3 is 5.97 Å². The molecule has 0 spiro atoms. The number of carbonyl (C=O) groups excluding carboxylic acids is 2. The Kier molecular flexibility index (Phi) is 5.09. The quantitative estimate of drug-likeness (QED) is 0.667. The molecule has 1 atom stereocenters. The highest BCUT2D eigenvalue weighted by atomic mass is 35.5. The second-order valence-corrected chi connectivity index (χ2v) is 4.47. The van der Waals surface area contributed by atoms with Crippen LogP contribution in [0.3, 0.4) is 0 Å². The predicted molar refractivity (Wildman–Crippen MR) is 67.4 cm³/mol. The maximum atomic E-state index is 11.9. The molecule has 6 heteroatoms. The van der Waals surface area contributed by atoms with Gasteiger partial charge < -0.3 is 10.1 Å². The van der Waals surface area contributed by atoms with Gasteiger partial charge in [0.2, 0.25) is 0 Å². The smallest absolute Gasteiger partial charge is 0.328 e. The maximum Gasteiger partial charge on any atom is 0.328 e. The molecule has 5 nitrogen and oxygen atoms in total. The number of carbonyl (C=O) groups is 2. The van der Waals surface area contributed by atoms with Crippen LogP contribution in [0, 0.1) is 5.92 Å². The lowest BCUT2D eigenvalue weighted by Crippen LogP contribution is -2.45. The molecule has 0 saturated heterocycles. The molecule has 0 fully saturated rings. The zero-order valence-corrected chi connectivity index (χ0v) is 11.2. The third-order valence-electron chi connectivity index (χ3n) is 2.40. The van der Waals surface area contributed by atoms with Crippen molar-refractivity contribution in [3.8, 4) is 0 Å². The van der Waals surface area contributed by atoms with Crippen molar-refractivity contribution in [2.24, 2.45) is 5.92 Å². The minimum atomic E-state index is -0.686. The summed E-state index contributed by atoms with van der Waals surface area (Å²) in [6, 6.07) is 2.27. The Morgan fingerprint density at radius 2 is 2.11 bits per heavy atom. The van der Waals surface area contributed by atoms with E-state index in [1.54, 1.807) is 0 Å². The Labute approximate surface area is 110 Å². The number of hydrogen-bond donors (Lipinski definition) is 1. The minimum Gasteiger partial charge on any atom is -0.467 e. The molecule has 0 aromatic carbocycles. The fourth-order valence-electron chi connectivity index (χ4n) is 1.39. The summed E-state index contributed by atoms with van der Waals surface area (Å²) in [5.74, 6) is -0.930. The van der Waals surface area contributed by atoms with Gasteiger partial charge in [-0.05, 0) is 18.1 Å². The Balaban J connectivity index is 2.82. The molecule has 1 N–H and O–H groups in total. The van der Waals surface area contributed by atoms with Gasteiger partial charge in [-0.3, -0.25) is 4.79 Å². The van der Waals surface area contributed by atoms with Crippen molar-refractivity contribution in [1.82, 2.24) is 10.3 Å². The Morgan fingerprint density at radius 3 is 2.61 bits per heavy atom. The fourth-order valence-corrected chi connectivity index (χ4v) is 1.57. The first-order valence-corrected chi connectivity index (χ1v) is 5.83. The Morgan fingerprint density at radius 1 is 1.44 bits per heavy atom. The molecule has 0 aliphatic rings. The summed E-state index contributed by atoms with van der Waals surface area (Å²) in [5, 5.41) is 2.83. The molecule has 1 aromatic rings. The van der Waals surface area contributed by atoms with Crippen molar-refractivity contribution in [3.63, 3.8) is 0 Å². The number of halogens is 1. The van der Waals surface area contributed by atoms with Crippen molar-refractivity contribution >= 4 is 23.5 Å². The minimum absolute atomic E-state index is 0.0706. The molecule has 1 aromatic heterocycles. The topological polar surface area (TPSA) is 68.3 Å². The van der Waals surface area contributed by atoms with Crippen LogP contribution in [0.1, 0.15) is 24.2 Å². The van der Waals surface area contributed by atoms with Crippen molar-refractivity contribution in [2.45, 2.75) is 19.9 Å². The monoisotopic (exact) mass is 270 g/mol. The zero-order chi connectivity index (χ0) is 13.7. The molecule has 1 amide bonds. The van der Waals surface area contributed by atoms with Crippen LogP contribution in [0.15, 0.2) is 18.3 Å². The summed E-state index contributed by atoms with van der Waals surface area (Å²) in [7, 11) is 1.28. The number of nitrogens with one attached hydrogen (secondary N) is 1. The van der Waals surface area contributed by atoms with E-state index < -0.39 is 12.0 Å². The van der Waals surface area contributed by atoms with Gasteiger partial charge in [-0.1, -0.05) is 25.4 Å². The van der Waals surface area contributed by atoms with E-state index in [4.69, 9.17) is 11.6 Å². The molecular weight excluding hydrogens is 256 g/mol. The number of rotatable bonds is 4. The average molecular weight is 271 g/mol. The van der Waals surface area contributed by atoms with E-state index in [1.807, 2.05) is 13.8 Å². The molecule has 0 unspecified atom stereocenters. The number of nitrogens with zero attached hydrogens (tertiary/aromatic N) is 1. The molecule has 1 heterocycles. The van der Waals surface area contributed by atoms with Gasteiger partial charge in [0.05, 0.1) is 7.11 Å². The van der Waals surface area contributed by atoms with E-state index in [9.17, 15) is 9.59 Å². The van der Waals surface area contributed by atoms with Crippen molar-refractivity contribution in [3.05, 3.63) is 29.0 Å². The molecule has 98 valence electrons. The molecule has 0 saturated carbocycles. The van der Waals surface area contributed by atoms with Crippen molar-refractivity contribution < 1.29 is 14.3 Å². The lowest BCUT2D eigenvalue weighted by atomic mass is 10.0. The molecule has 0 bridgehead atoms. The summed E-state index contributed by atoms with van der Waals surface area (Å²) in [6.07, 6.45) is 1.43. The van der Waals surface area contributed by atoms with Gasteiger partial charge in [-0.2, -0.15) is 0 Å². The number of amides is 1. The van der Waals surface area contributed by atoms with Crippen molar-refractivity contribution in [1.29, 1.82) is 0 Å². The Bertz CT molecular complexity index is 449. The van der Waals surface area contributed by atoms with Crippen LogP contribution < -0.4 is 5.32 Å². The van der Waals surface area contributed by atoms with E-state index >= 15 is 0 Å². The standard InChI is InChI=1S/C12H15ClN2O3/c1-7(2)10(12(17)18-3)15-11(16)8-4-5-14-9(13)6-8/h4-7,10H,1-3H3,(H,15,16)/t10-/m1/s1. The van der Waals surface area contributed by atoms with Crippen molar-refractivity contribution in [2.75, 3.05) is 7.11 Å². The maximum absolute atomic E-state index is 11.9. The summed E-state index contributed by atoms with van der Waals surface area (Å²) >= 11 is 5.70. The molecule has 0 aliphatic heterocycles. The zero-order valence-electron chi connectivity index (χ0n) is 10.4. The highest BCUT2D eigenvalue weighted by Gasteiger charge is 2.25. The van der Waals surface area contributed by atoms with Gasteiger partial charge in [0.25, 0.3) is 5.91 Å². The lowest BCUT2D eigenvalue weighted by Gasteiger charge is -2.19.